The molecular weight excluding hydrogens is 336 g/mol. The van der Waals surface area contributed by atoms with Crippen LogP contribution in [0.4, 0.5) is 16.5 Å². The van der Waals surface area contributed by atoms with Crippen molar-refractivity contribution < 1.29 is 10.2 Å². The van der Waals surface area contributed by atoms with Gasteiger partial charge in [0.05, 0.1) is 29.1 Å². The molecule has 7 heteroatoms. The molecule has 0 bridgehead atoms. The summed E-state index contributed by atoms with van der Waals surface area (Å²) >= 11 is 1.50. The molecule has 6 nitrogen and oxygen atoms in total. The standard InChI is InChI=1S/C18H20N4O2S/c1-13-5-4-8-16-17(13)19-18(25-16)21-20-14-6-2-3-7-15(14)22(9-11-23)10-12-24/h2-8,23-24H,9-12H2,1H3. The van der Waals surface area contributed by atoms with Crippen LogP contribution in [0.25, 0.3) is 10.2 Å². The number of hydrogen-bond donors (Lipinski definition) is 2. The van der Waals surface area contributed by atoms with Gasteiger partial charge in [0.1, 0.15) is 5.69 Å². The lowest BCUT2D eigenvalue weighted by Gasteiger charge is -2.23. The zero-order valence-corrected chi connectivity index (χ0v) is 14.8. The molecule has 1 heterocycles. The van der Waals surface area contributed by atoms with Gasteiger partial charge < -0.3 is 15.1 Å². The summed E-state index contributed by atoms with van der Waals surface area (Å²) in [5, 5.41) is 27.7. The number of aromatic nitrogens is 1. The molecule has 0 aliphatic rings. The van der Waals surface area contributed by atoms with Crippen LogP contribution >= 0.6 is 11.3 Å². The molecule has 0 radical (unpaired) electrons. The molecule has 0 saturated heterocycles. The van der Waals surface area contributed by atoms with Gasteiger partial charge in [-0.3, -0.25) is 0 Å². The molecule has 0 atom stereocenters. The molecule has 0 spiro atoms. The summed E-state index contributed by atoms with van der Waals surface area (Å²) in [7, 11) is 0. The highest BCUT2D eigenvalue weighted by Crippen LogP contribution is 2.33. The van der Waals surface area contributed by atoms with Crippen LogP contribution in [0, 0.1) is 6.92 Å². The Labute approximate surface area is 150 Å². The maximum absolute atomic E-state index is 9.24. The molecular formula is C18H20N4O2S. The molecule has 1 aromatic heterocycles. The Morgan fingerprint density at radius 1 is 1.00 bits per heavy atom. The van der Waals surface area contributed by atoms with E-state index in [1.165, 1.54) is 11.3 Å². The first-order valence-electron chi connectivity index (χ1n) is 8.06. The van der Waals surface area contributed by atoms with E-state index in [4.69, 9.17) is 0 Å². The predicted octanol–water partition coefficient (Wildman–Crippen LogP) is 3.81. The van der Waals surface area contributed by atoms with Crippen molar-refractivity contribution in [1.29, 1.82) is 0 Å². The summed E-state index contributed by atoms with van der Waals surface area (Å²) < 4.78 is 1.09. The van der Waals surface area contributed by atoms with Crippen LogP contribution in [0.1, 0.15) is 5.56 Å². The number of nitrogens with zero attached hydrogens (tertiary/aromatic N) is 4. The lowest BCUT2D eigenvalue weighted by Crippen LogP contribution is -2.29. The lowest BCUT2D eigenvalue weighted by atomic mass is 10.2. The third-order valence-corrected chi connectivity index (χ3v) is 4.72. The van der Waals surface area contributed by atoms with Gasteiger partial charge in [0.2, 0.25) is 5.13 Å². The molecule has 2 N–H and O–H groups in total. The second kappa shape index (κ2) is 8.15. The van der Waals surface area contributed by atoms with E-state index in [9.17, 15) is 10.2 Å². The number of rotatable bonds is 7. The minimum Gasteiger partial charge on any atom is -0.395 e. The van der Waals surface area contributed by atoms with Gasteiger partial charge in [-0.05, 0) is 30.7 Å². The number of fused-ring (bicyclic) bond motifs is 1. The maximum atomic E-state index is 9.24. The van der Waals surface area contributed by atoms with Crippen LogP contribution in [0.2, 0.25) is 0 Å². The molecule has 130 valence electrons. The average molecular weight is 356 g/mol. The number of aryl methyl sites for hydroxylation is 1. The van der Waals surface area contributed by atoms with Crippen molar-refractivity contribution in [3.63, 3.8) is 0 Å². The van der Waals surface area contributed by atoms with Gasteiger partial charge in [0, 0.05) is 13.1 Å². The number of hydrogen-bond acceptors (Lipinski definition) is 7. The Morgan fingerprint density at radius 3 is 2.48 bits per heavy atom. The predicted molar refractivity (Wildman–Crippen MR) is 101 cm³/mol. The zero-order chi connectivity index (χ0) is 17.6. The first-order valence-corrected chi connectivity index (χ1v) is 8.88. The topological polar surface area (TPSA) is 81.3 Å². The highest BCUT2D eigenvalue weighted by atomic mass is 32.1. The van der Waals surface area contributed by atoms with Gasteiger partial charge in [-0.25, -0.2) is 4.98 Å². The summed E-state index contributed by atoms with van der Waals surface area (Å²) in [6.45, 7) is 2.88. The minimum absolute atomic E-state index is 0.00260. The number of anilines is 1. The zero-order valence-electron chi connectivity index (χ0n) is 14.0. The van der Waals surface area contributed by atoms with E-state index in [-0.39, 0.29) is 13.2 Å². The quantitative estimate of drug-likeness (QED) is 0.631. The van der Waals surface area contributed by atoms with Crippen molar-refractivity contribution in [3.05, 3.63) is 48.0 Å². The molecule has 3 rings (SSSR count). The fraction of sp³-hybridized carbons (Fsp3) is 0.278. The van der Waals surface area contributed by atoms with E-state index in [0.717, 1.165) is 21.5 Å². The maximum Gasteiger partial charge on any atom is 0.231 e. The first kappa shape index (κ1) is 17.5. The second-order valence-corrected chi connectivity index (χ2v) is 6.55. The van der Waals surface area contributed by atoms with E-state index >= 15 is 0 Å². The smallest absolute Gasteiger partial charge is 0.231 e. The Hall–Kier alpha value is -2.35. The van der Waals surface area contributed by atoms with Crippen LogP contribution < -0.4 is 4.90 Å². The summed E-state index contributed by atoms with van der Waals surface area (Å²) in [5.41, 5.74) is 3.58. The molecule has 0 aliphatic heterocycles. The molecule has 25 heavy (non-hydrogen) atoms. The van der Waals surface area contributed by atoms with E-state index in [1.807, 2.05) is 54.3 Å². The summed E-state index contributed by atoms with van der Waals surface area (Å²) in [6, 6.07) is 13.6. The van der Waals surface area contributed by atoms with Crippen molar-refractivity contribution in [2.75, 3.05) is 31.2 Å². The Kier molecular flexibility index (Phi) is 5.70. The largest absolute Gasteiger partial charge is 0.395 e. The SMILES string of the molecule is Cc1cccc2sc(N=Nc3ccccc3N(CCO)CCO)nc12. The minimum atomic E-state index is 0.00260. The van der Waals surface area contributed by atoms with Crippen molar-refractivity contribution in [3.8, 4) is 0 Å². The fourth-order valence-electron chi connectivity index (χ4n) is 2.62. The highest BCUT2D eigenvalue weighted by Gasteiger charge is 2.10. The van der Waals surface area contributed by atoms with E-state index in [2.05, 4.69) is 15.2 Å². The van der Waals surface area contributed by atoms with Crippen molar-refractivity contribution in [2.24, 2.45) is 10.2 Å². The fourth-order valence-corrected chi connectivity index (χ4v) is 3.49. The van der Waals surface area contributed by atoms with Crippen LogP contribution in [0.5, 0.6) is 0 Å². The molecule has 3 aromatic rings. The molecule has 2 aromatic carbocycles. The number of thiazole rings is 1. The monoisotopic (exact) mass is 356 g/mol. The number of benzene rings is 2. The third kappa shape index (κ3) is 4.01. The van der Waals surface area contributed by atoms with Gasteiger partial charge in [-0.1, -0.05) is 35.6 Å². The van der Waals surface area contributed by atoms with Crippen LogP contribution in [0.15, 0.2) is 52.7 Å². The summed E-state index contributed by atoms with van der Waals surface area (Å²) in [4.78, 5) is 6.42. The van der Waals surface area contributed by atoms with Crippen molar-refractivity contribution in [2.45, 2.75) is 6.92 Å². The first-order chi connectivity index (χ1) is 12.2. The van der Waals surface area contributed by atoms with Crippen LogP contribution in [0.3, 0.4) is 0 Å². The summed E-state index contributed by atoms with van der Waals surface area (Å²) in [6.07, 6.45) is 0. The number of azo groups is 1. The Bertz CT molecular complexity index is 872. The van der Waals surface area contributed by atoms with Gasteiger partial charge in [0.15, 0.2) is 0 Å². The number of para-hydroxylation sites is 2. The number of aliphatic hydroxyl groups excluding tert-OH is 2. The van der Waals surface area contributed by atoms with Gasteiger partial charge >= 0.3 is 0 Å². The summed E-state index contributed by atoms with van der Waals surface area (Å²) in [5.74, 6) is 0. The van der Waals surface area contributed by atoms with Crippen LogP contribution in [-0.2, 0) is 0 Å². The highest BCUT2D eigenvalue weighted by molar-refractivity contribution is 7.21. The average Bonchev–Trinajstić information content (AvgIpc) is 3.05. The Morgan fingerprint density at radius 2 is 1.76 bits per heavy atom. The molecule has 0 saturated carbocycles. The van der Waals surface area contributed by atoms with E-state index in [1.54, 1.807) is 0 Å². The molecule has 0 unspecified atom stereocenters. The number of aliphatic hydroxyl groups is 2. The van der Waals surface area contributed by atoms with Crippen molar-refractivity contribution in [1.82, 2.24) is 4.98 Å². The van der Waals surface area contributed by atoms with Gasteiger partial charge in [-0.15, -0.1) is 10.2 Å². The van der Waals surface area contributed by atoms with Gasteiger partial charge in [0.25, 0.3) is 0 Å². The van der Waals surface area contributed by atoms with E-state index < -0.39 is 0 Å². The molecule has 0 fully saturated rings. The Balaban J connectivity index is 1.91. The second-order valence-electron chi connectivity index (χ2n) is 5.54. The normalized spacial score (nSPS) is 11.5. The van der Waals surface area contributed by atoms with E-state index in [0.29, 0.717) is 23.9 Å². The molecule has 0 amide bonds. The van der Waals surface area contributed by atoms with Crippen LogP contribution in [-0.4, -0.2) is 41.5 Å². The molecule has 0 aliphatic carbocycles. The van der Waals surface area contributed by atoms with Gasteiger partial charge in [-0.2, -0.15) is 0 Å². The third-order valence-electron chi connectivity index (χ3n) is 3.81. The van der Waals surface area contributed by atoms with Crippen molar-refractivity contribution >= 4 is 38.1 Å². The lowest BCUT2D eigenvalue weighted by molar-refractivity contribution is 0.281.